The minimum absolute atomic E-state index is 0.223. The smallest absolute Gasteiger partial charge is 0.148 e. The lowest BCUT2D eigenvalue weighted by atomic mass is 9.99. The summed E-state index contributed by atoms with van der Waals surface area (Å²) in [6, 6.07) is 0.377. The van der Waals surface area contributed by atoms with Crippen molar-refractivity contribution in [1.29, 1.82) is 0 Å². The molecule has 6 heteroatoms. The van der Waals surface area contributed by atoms with Gasteiger partial charge in [0, 0.05) is 37.9 Å². The van der Waals surface area contributed by atoms with Crippen molar-refractivity contribution < 1.29 is 13.2 Å². The molecule has 1 N–H and O–H groups in total. The average Bonchev–Trinajstić information content (AvgIpc) is 2.75. The quantitative estimate of drug-likeness (QED) is 0.677. The summed E-state index contributed by atoms with van der Waals surface area (Å²) < 4.78 is 27.6. The molecule has 1 rings (SSSR count). The van der Waals surface area contributed by atoms with E-state index >= 15 is 0 Å². The van der Waals surface area contributed by atoms with Crippen molar-refractivity contribution in [2.45, 2.75) is 12.5 Å². The van der Waals surface area contributed by atoms with Gasteiger partial charge in [0.25, 0.3) is 0 Å². The van der Waals surface area contributed by atoms with Crippen molar-refractivity contribution in [3.05, 3.63) is 0 Å². The third-order valence-corrected chi connectivity index (χ3v) is 4.18. The fourth-order valence-electron chi connectivity index (χ4n) is 2.09. The molecule has 1 heterocycles. The van der Waals surface area contributed by atoms with E-state index in [2.05, 4.69) is 10.2 Å². The lowest BCUT2D eigenvalue weighted by Gasteiger charge is -2.27. The van der Waals surface area contributed by atoms with Crippen LogP contribution in [0.4, 0.5) is 0 Å². The first kappa shape index (κ1) is 14.9. The Hall–Kier alpha value is -0.170. The highest BCUT2D eigenvalue weighted by molar-refractivity contribution is 7.90. The second-order valence-electron chi connectivity index (χ2n) is 4.91. The van der Waals surface area contributed by atoms with Gasteiger partial charge in [-0.05, 0) is 20.5 Å². The van der Waals surface area contributed by atoms with Crippen LogP contribution in [-0.2, 0) is 14.6 Å². The van der Waals surface area contributed by atoms with Crippen LogP contribution in [0.5, 0.6) is 0 Å². The Labute approximate surface area is 104 Å². The molecule has 1 aliphatic rings. The normalized spacial score (nSPS) is 23.2. The average molecular weight is 264 g/mol. The highest BCUT2D eigenvalue weighted by atomic mass is 32.2. The van der Waals surface area contributed by atoms with E-state index in [0.29, 0.717) is 18.5 Å². The van der Waals surface area contributed by atoms with Gasteiger partial charge >= 0.3 is 0 Å². The summed E-state index contributed by atoms with van der Waals surface area (Å²) in [4.78, 5) is 2.07. The molecule has 0 bridgehead atoms. The Morgan fingerprint density at radius 2 is 2.24 bits per heavy atom. The number of hydrogen-bond acceptors (Lipinski definition) is 5. The molecule has 17 heavy (non-hydrogen) atoms. The van der Waals surface area contributed by atoms with Crippen LogP contribution in [0, 0.1) is 5.92 Å². The molecule has 0 radical (unpaired) electrons. The largest absolute Gasteiger partial charge is 0.381 e. The SMILES string of the molecule is CNC(CN(C)CCS(C)(=O)=O)C1CCOC1. The summed E-state index contributed by atoms with van der Waals surface area (Å²) in [6.45, 7) is 3.10. The number of sulfone groups is 1. The van der Waals surface area contributed by atoms with Gasteiger partial charge in [0.2, 0.25) is 0 Å². The van der Waals surface area contributed by atoms with E-state index in [1.807, 2.05) is 14.1 Å². The Morgan fingerprint density at radius 1 is 1.53 bits per heavy atom. The van der Waals surface area contributed by atoms with Crippen molar-refractivity contribution in [3.63, 3.8) is 0 Å². The van der Waals surface area contributed by atoms with Gasteiger partial charge in [0.1, 0.15) is 9.84 Å². The first-order valence-electron chi connectivity index (χ1n) is 6.03. The maximum atomic E-state index is 11.1. The molecule has 1 saturated heterocycles. The summed E-state index contributed by atoms with van der Waals surface area (Å²) in [7, 11) is 1.05. The monoisotopic (exact) mass is 264 g/mol. The van der Waals surface area contributed by atoms with Crippen LogP contribution in [0.15, 0.2) is 0 Å². The van der Waals surface area contributed by atoms with Gasteiger partial charge in [-0.15, -0.1) is 0 Å². The van der Waals surface area contributed by atoms with E-state index in [9.17, 15) is 8.42 Å². The van der Waals surface area contributed by atoms with E-state index in [0.717, 1.165) is 26.2 Å². The van der Waals surface area contributed by atoms with Gasteiger partial charge in [-0.2, -0.15) is 0 Å². The minimum Gasteiger partial charge on any atom is -0.381 e. The predicted octanol–water partition coefficient (Wildman–Crippen LogP) is -0.413. The molecule has 0 spiro atoms. The molecule has 0 amide bonds. The van der Waals surface area contributed by atoms with Crippen LogP contribution in [0.25, 0.3) is 0 Å². The van der Waals surface area contributed by atoms with Crippen molar-refractivity contribution in [3.8, 4) is 0 Å². The van der Waals surface area contributed by atoms with E-state index in [4.69, 9.17) is 4.74 Å². The number of hydrogen-bond donors (Lipinski definition) is 1. The summed E-state index contributed by atoms with van der Waals surface area (Å²) >= 11 is 0. The second kappa shape index (κ2) is 6.68. The zero-order chi connectivity index (χ0) is 12.9. The van der Waals surface area contributed by atoms with Crippen molar-refractivity contribution in [2.75, 3.05) is 52.4 Å². The fourth-order valence-corrected chi connectivity index (χ4v) is 2.74. The van der Waals surface area contributed by atoms with E-state index in [1.165, 1.54) is 6.26 Å². The second-order valence-corrected chi connectivity index (χ2v) is 7.17. The van der Waals surface area contributed by atoms with Crippen LogP contribution in [0.1, 0.15) is 6.42 Å². The predicted molar refractivity (Wildman–Crippen MR) is 69.0 cm³/mol. The molecule has 2 atom stereocenters. The molecular formula is C11H24N2O3S. The van der Waals surface area contributed by atoms with Gasteiger partial charge in [-0.25, -0.2) is 8.42 Å². The molecular weight excluding hydrogens is 240 g/mol. The topological polar surface area (TPSA) is 58.6 Å². The standard InChI is InChI=1S/C11H24N2O3S/c1-12-11(10-4-6-16-9-10)8-13(2)5-7-17(3,14)15/h10-12H,4-9H2,1-3H3. The Morgan fingerprint density at radius 3 is 2.71 bits per heavy atom. The highest BCUT2D eigenvalue weighted by Crippen LogP contribution is 2.17. The Balaban J connectivity index is 2.34. The lowest BCUT2D eigenvalue weighted by molar-refractivity contribution is 0.169. The Kier molecular flexibility index (Phi) is 5.85. The molecule has 0 aliphatic carbocycles. The maximum Gasteiger partial charge on any atom is 0.148 e. The molecule has 0 aromatic heterocycles. The van der Waals surface area contributed by atoms with E-state index in [1.54, 1.807) is 0 Å². The zero-order valence-electron chi connectivity index (χ0n) is 11.0. The minimum atomic E-state index is -2.87. The molecule has 0 aromatic rings. The third-order valence-electron chi connectivity index (χ3n) is 3.26. The van der Waals surface area contributed by atoms with Crippen LogP contribution in [0.3, 0.4) is 0 Å². The third kappa shape index (κ3) is 5.81. The fraction of sp³-hybridized carbons (Fsp3) is 1.00. The molecule has 5 nitrogen and oxygen atoms in total. The van der Waals surface area contributed by atoms with Crippen LogP contribution in [-0.4, -0.2) is 71.8 Å². The molecule has 102 valence electrons. The van der Waals surface area contributed by atoms with Gasteiger partial charge in [0.05, 0.1) is 12.4 Å². The van der Waals surface area contributed by atoms with Crippen LogP contribution in [0.2, 0.25) is 0 Å². The number of nitrogens with zero attached hydrogens (tertiary/aromatic N) is 1. The molecule has 0 aromatic carbocycles. The van der Waals surface area contributed by atoms with Gasteiger partial charge < -0.3 is 15.0 Å². The van der Waals surface area contributed by atoms with Crippen molar-refractivity contribution in [2.24, 2.45) is 5.92 Å². The zero-order valence-corrected chi connectivity index (χ0v) is 11.8. The van der Waals surface area contributed by atoms with Crippen LogP contribution >= 0.6 is 0 Å². The Bertz CT molecular complexity index is 313. The molecule has 0 saturated carbocycles. The maximum absolute atomic E-state index is 11.1. The first-order chi connectivity index (χ1) is 7.92. The summed E-state index contributed by atoms with van der Waals surface area (Å²) in [5, 5.41) is 3.30. The summed E-state index contributed by atoms with van der Waals surface area (Å²) in [5.41, 5.74) is 0. The van der Waals surface area contributed by atoms with E-state index < -0.39 is 9.84 Å². The lowest BCUT2D eigenvalue weighted by Crippen LogP contribution is -2.44. The molecule has 1 fully saturated rings. The van der Waals surface area contributed by atoms with Crippen molar-refractivity contribution in [1.82, 2.24) is 10.2 Å². The number of ether oxygens (including phenoxy) is 1. The van der Waals surface area contributed by atoms with Gasteiger partial charge in [0.15, 0.2) is 0 Å². The number of rotatable bonds is 7. The molecule has 2 unspecified atom stereocenters. The highest BCUT2D eigenvalue weighted by Gasteiger charge is 2.25. The van der Waals surface area contributed by atoms with Crippen molar-refractivity contribution >= 4 is 9.84 Å². The summed E-state index contributed by atoms with van der Waals surface area (Å²) in [6.07, 6.45) is 2.37. The number of likely N-dealkylation sites (N-methyl/N-ethyl adjacent to an activating group) is 2. The summed E-state index contributed by atoms with van der Waals surface area (Å²) in [5.74, 6) is 0.766. The van der Waals surface area contributed by atoms with Gasteiger partial charge in [-0.3, -0.25) is 0 Å². The van der Waals surface area contributed by atoms with Crippen LogP contribution < -0.4 is 5.32 Å². The van der Waals surface area contributed by atoms with Gasteiger partial charge in [-0.1, -0.05) is 0 Å². The number of nitrogens with one attached hydrogen (secondary N) is 1. The molecule has 1 aliphatic heterocycles. The van der Waals surface area contributed by atoms with E-state index in [-0.39, 0.29) is 5.75 Å². The first-order valence-corrected chi connectivity index (χ1v) is 8.09.